The SMILES string of the molecule is CCOC(=O)C1=C(COC(=O)c2ccc(S(=O)(=O)N3CCCCC3C)cc2)NC(=O)NC1. The summed E-state index contributed by atoms with van der Waals surface area (Å²) in [6.45, 7) is 3.80. The predicted molar refractivity (Wildman–Crippen MR) is 114 cm³/mol. The Hall–Kier alpha value is -2.92. The average molecular weight is 466 g/mol. The van der Waals surface area contributed by atoms with E-state index < -0.39 is 28.0 Å². The van der Waals surface area contributed by atoms with E-state index in [0.29, 0.717) is 6.54 Å². The number of nitrogens with zero attached hydrogens (tertiary/aromatic N) is 1. The first kappa shape index (κ1) is 23.7. The monoisotopic (exact) mass is 465 g/mol. The summed E-state index contributed by atoms with van der Waals surface area (Å²) in [7, 11) is -3.64. The van der Waals surface area contributed by atoms with Crippen molar-refractivity contribution >= 4 is 28.0 Å². The van der Waals surface area contributed by atoms with E-state index in [2.05, 4.69) is 10.6 Å². The molecule has 2 amide bonds. The molecule has 1 aromatic rings. The number of piperidine rings is 1. The third-order valence-corrected chi connectivity index (χ3v) is 7.39. The van der Waals surface area contributed by atoms with Crippen LogP contribution in [0.2, 0.25) is 0 Å². The highest BCUT2D eigenvalue weighted by molar-refractivity contribution is 7.89. The van der Waals surface area contributed by atoms with E-state index in [9.17, 15) is 22.8 Å². The molecule has 1 saturated heterocycles. The van der Waals surface area contributed by atoms with Crippen molar-refractivity contribution in [3.63, 3.8) is 0 Å². The minimum absolute atomic E-state index is 0.0426. The molecule has 2 aliphatic rings. The zero-order valence-corrected chi connectivity index (χ0v) is 18.9. The lowest BCUT2D eigenvalue weighted by atomic mass is 10.1. The summed E-state index contributed by atoms with van der Waals surface area (Å²) in [5.41, 5.74) is 0.448. The number of amides is 2. The van der Waals surface area contributed by atoms with Crippen LogP contribution in [0.5, 0.6) is 0 Å². The summed E-state index contributed by atoms with van der Waals surface area (Å²) in [5.74, 6) is -1.34. The van der Waals surface area contributed by atoms with E-state index in [-0.39, 0.29) is 47.5 Å². The highest BCUT2D eigenvalue weighted by atomic mass is 32.2. The van der Waals surface area contributed by atoms with Gasteiger partial charge in [0, 0.05) is 12.6 Å². The number of carbonyl (C=O) groups excluding carboxylic acids is 3. The molecule has 0 saturated carbocycles. The van der Waals surface area contributed by atoms with Crippen LogP contribution in [0.25, 0.3) is 0 Å². The largest absolute Gasteiger partial charge is 0.463 e. The fourth-order valence-electron chi connectivity index (χ4n) is 3.62. The average Bonchev–Trinajstić information content (AvgIpc) is 2.78. The van der Waals surface area contributed by atoms with E-state index in [1.54, 1.807) is 6.92 Å². The van der Waals surface area contributed by atoms with Gasteiger partial charge in [-0.1, -0.05) is 6.42 Å². The minimum atomic E-state index is -3.64. The molecule has 2 N–H and O–H groups in total. The molecule has 174 valence electrons. The highest BCUT2D eigenvalue weighted by Crippen LogP contribution is 2.25. The second kappa shape index (κ2) is 10.1. The lowest BCUT2D eigenvalue weighted by Gasteiger charge is -2.32. The van der Waals surface area contributed by atoms with Gasteiger partial charge >= 0.3 is 18.0 Å². The number of urea groups is 1. The van der Waals surface area contributed by atoms with Crippen molar-refractivity contribution in [1.29, 1.82) is 0 Å². The Morgan fingerprint density at radius 2 is 1.84 bits per heavy atom. The second-order valence-corrected chi connectivity index (χ2v) is 9.44. The summed E-state index contributed by atoms with van der Waals surface area (Å²) in [6, 6.07) is 4.92. The minimum Gasteiger partial charge on any atom is -0.463 e. The number of sulfonamides is 1. The molecule has 1 atom stereocenters. The van der Waals surface area contributed by atoms with E-state index in [1.807, 2.05) is 6.92 Å². The van der Waals surface area contributed by atoms with Crippen molar-refractivity contribution in [2.75, 3.05) is 26.3 Å². The summed E-state index contributed by atoms with van der Waals surface area (Å²) in [5, 5.41) is 4.91. The third-order valence-electron chi connectivity index (χ3n) is 5.36. The molecule has 1 aromatic carbocycles. The zero-order valence-electron chi connectivity index (χ0n) is 18.0. The van der Waals surface area contributed by atoms with Gasteiger partial charge in [0.15, 0.2) is 0 Å². The Morgan fingerprint density at radius 3 is 2.50 bits per heavy atom. The first-order chi connectivity index (χ1) is 15.2. The molecule has 0 radical (unpaired) electrons. The van der Waals surface area contributed by atoms with Gasteiger partial charge in [-0.25, -0.2) is 22.8 Å². The van der Waals surface area contributed by atoms with Crippen LogP contribution < -0.4 is 10.6 Å². The van der Waals surface area contributed by atoms with Crippen molar-refractivity contribution in [2.24, 2.45) is 0 Å². The van der Waals surface area contributed by atoms with Crippen molar-refractivity contribution < 1.29 is 32.3 Å². The molecule has 10 nitrogen and oxygen atoms in total. The molecule has 1 unspecified atom stereocenters. The van der Waals surface area contributed by atoms with E-state index in [1.165, 1.54) is 28.6 Å². The fourth-order valence-corrected chi connectivity index (χ4v) is 5.32. The van der Waals surface area contributed by atoms with Crippen LogP contribution in [0.3, 0.4) is 0 Å². The second-order valence-electron chi connectivity index (χ2n) is 7.55. The number of carbonyl (C=O) groups is 3. The number of nitrogens with one attached hydrogen (secondary N) is 2. The molecule has 11 heteroatoms. The van der Waals surface area contributed by atoms with Gasteiger partial charge in [-0.2, -0.15) is 4.31 Å². The van der Waals surface area contributed by atoms with Gasteiger partial charge in [0.25, 0.3) is 0 Å². The first-order valence-corrected chi connectivity index (χ1v) is 11.9. The molecule has 3 rings (SSSR count). The van der Waals surface area contributed by atoms with Gasteiger partial charge in [0.1, 0.15) is 6.61 Å². The van der Waals surface area contributed by atoms with Crippen molar-refractivity contribution in [3.05, 3.63) is 41.1 Å². The van der Waals surface area contributed by atoms with Gasteiger partial charge in [-0.3, -0.25) is 0 Å². The number of hydrogen-bond acceptors (Lipinski definition) is 7. The highest BCUT2D eigenvalue weighted by Gasteiger charge is 2.31. The lowest BCUT2D eigenvalue weighted by Crippen LogP contribution is -2.45. The van der Waals surface area contributed by atoms with Gasteiger partial charge in [-0.15, -0.1) is 0 Å². The Kier molecular flexibility index (Phi) is 7.52. The number of benzene rings is 1. The molecule has 0 spiro atoms. The summed E-state index contributed by atoms with van der Waals surface area (Å²) in [6.07, 6.45) is 2.64. The number of hydrogen-bond donors (Lipinski definition) is 2. The molecule has 2 heterocycles. The van der Waals surface area contributed by atoms with Crippen molar-refractivity contribution in [2.45, 2.75) is 44.0 Å². The zero-order chi connectivity index (χ0) is 23.3. The maximum Gasteiger partial charge on any atom is 0.338 e. The Morgan fingerprint density at radius 1 is 1.12 bits per heavy atom. The smallest absolute Gasteiger partial charge is 0.338 e. The Bertz CT molecular complexity index is 1020. The van der Waals surface area contributed by atoms with Crippen LogP contribution in [0.15, 0.2) is 40.4 Å². The number of esters is 2. The van der Waals surface area contributed by atoms with Gasteiger partial charge in [0.05, 0.1) is 34.9 Å². The van der Waals surface area contributed by atoms with E-state index >= 15 is 0 Å². The van der Waals surface area contributed by atoms with Crippen LogP contribution in [0.1, 0.15) is 43.5 Å². The molecule has 32 heavy (non-hydrogen) atoms. The Labute approximate surface area is 187 Å². The van der Waals surface area contributed by atoms with Crippen molar-refractivity contribution in [1.82, 2.24) is 14.9 Å². The number of rotatable bonds is 7. The summed E-state index contributed by atoms with van der Waals surface area (Å²) >= 11 is 0. The van der Waals surface area contributed by atoms with Gasteiger partial charge < -0.3 is 20.1 Å². The predicted octanol–water partition coefficient (Wildman–Crippen LogP) is 1.54. The fraction of sp³-hybridized carbons (Fsp3) is 0.476. The standard InChI is InChI=1S/C21H27N3O7S/c1-3-30-20(26)17-12-22-21(27)23-18(17)13-31-19(25)15-7-9-16(10-8-15)32(28,29)24-11-5-4-6-14(24)2/h7-10,14H,3-6,11-13H2,1-2H3,(H2,22,23,27). The topological polar surface area (TPSA) is 131 Å². The first-order valence-electron chi connectivity index (χ1n) is 10.5. The quantitative estimate of drug-likeness (QED) is 0.584. The normalized spacial score (nSPS) is 19.7. The maximum atomic E-state index is 12.9. The van der Waals surface area contributed by atoms with Crippen LogP contribution >= 0.6 is 0 Å². The molecular formula is C21H27N3O7S. The van der Waals surface area contributed by atoms with Crippen LogP contribution in [0.4, 0.5) is 4.79 Å². The summed E-state index contributed by atoms with van der Waals surface area (Å²) in [4.78, 5) is 36.2. The van der Waals surface area contributed by atoms with Crippen LogP contribution in [-0.2, 0) is 24.3 Å². The van der Waals surface area contributed by atoms with Gasteiger partial charge in [0.2, 0.25) is 10.0 Å². The van der Waals surface area contributed by atoms with Gasteiger partial charge in [-0.05, 0) is 51.0 Å². The lowest BCUT2D eigenvalue weighted by molar-refractivity contribution is -0.138. The van der Waals surface area contributed by atoms with Crippen LogP contribution in [0, 0.1) is 0 Å². The number of ether oxygens (including phenoxy) is 2. The Balaban J connectivity index is 1.69. The maximum absolute atomic E-state index is 12.9. The molecule has 0 aliphatic carbocycles. The molecular weight excluding hydrogens is 438 g/mol. The van der Waals surface area contributed by atoms with E-state index in [0.717, 1.165) is 19.3 Å². The van der Waals surface area contributed by atoms with Crippen LogP contribution in [-0.4, -0.2) is 63.0 Å². The molecule has 0 aromatic heterocycles. The molecule has 2 aliphatic heterocycles. The van der Waals surface area contributed by atoms with Crippen molar-refractivity contribution in [3.8, 4) is 0 Å². The molecule has 1 fully saturated rings. The molecule has 0 bridgehead atoms. The van der Waals surface area contributed by atoms with E-state index in [4.69, 9.17) is 9.47 Å². The summed E-state index contributed by atoms with van der Waals surface area (Å²) < 4.78 is 37.5. The third kappa shape index (κ3) is 5.28.